The van der Waals surface area contributed by atoms with E-state index in [0.717, 1.165) is 24.6 Å². The lowest BCUT2D eigenvalue weighted by Gasteiger charge is -2.25. The predicted molar refractivity (Wildman–Crippen MR) is 85.1 cm³/mol. The van der Waals surface area contributed by atoms with Crippen molar-refractivity contribution in [2.24, 2.45) is 5.73 Å². The number of nitrogen functional groups attached to an aromatic ring is 1. The van der Waals surface area contributed by atoms with Crippen molar-refractivity contribution in [3.05, 3.63) is 4.88 Å². The fourth-order valence-corrected chi connectivity index (χ4v) is 4.59. The number of amides is 1. The molecule has 9 heteroatoms. The number of carbonyl (C=O) groups is 1. The molecule has 3 heterocycles. The van der Waals surface area contributed by atoms with Crippen LogP contribution in [0.15, 0.2) is 0 Å². The van der Waals surface area contributed by atoms with Crippen LogP contribution in [0.1, 0.15) is 16.1 Å². The molecule has 0 bridgehead atoms. The zero-order valence-corrected chi connectivity index (χ0v) is 13.3. The van der Waals surface area contributed by atoms with Crippen LogP contribution >= 0.6 is 11.3 Å². The maximum absolute atomic E-state index is 12.5. The van der Waals surface area contributed by atoms with Crippen molar-refractivity contribution in [2.45, 2.75) is 12.5 Å². The lowest BCUT2D eigenvalue weighted by Crippen LogP contribution is -2.41. The lowest BCUT2D eigenvalue weighted by atomic mass is 10.3. The van der Waals surface area contributed by atoms with Gasteiger partial charge in [0.1, 0.15) is 10.7 Å². The fraction of sp³-hybridized carbons (Fsp3) is 0.667. The van der Waals surface area contributed by atoms with Gasteiger partial charge in [0.25, 0.3) is 5.91 Å². The normalized spacial score (nSPS) is 23.8. The number of thiazole rings is 1. The third kappa shape index (κ3) is 3.04. The molecule has 2 fully saturated rings. The maximum Gasteiger partial charge on any atom is 0.267 e. The maximum atomic E-state index is 12.5. The molecule has 3 rings (SSSR count). The van der Waals surface area contributed by atoms with E-state index in [4.69, 9.17) is 11.5 Å². The van der Waals surface area contributed by atoms with Crippen molar-refractivity contribution >= 4 is 39.0 Å². The summed E-state index contributed by atoms with van der Waals surface area (Å²) >= 11 is 1.33. The molecule has 0 spiro atoms. The zero-order valence-electron chi connectivity index (χ0n) is 11.7. The molecule has 2 aliphatic rings. The monoisotopic (exact) mass is 329 g/mol. The van der Waals surface area contributed by atoms with Crippen molar-refractivity contribution in [3.8, 4) is 0 Å². The highest BCUT2D eigenvalue weighted by atomic mass is 32.2. The van der Waals surface area contributed by atoms with Crippen LogP contribution in [0.5, 0.6) is 0 Å². The molecular formula is C12H19N5O2S2. The molecule has 0 aliphatic carbocycles. The first kappa shape index (κ1) is 14.7. The van der Waals surface area contributed by atoms with Crippen molar-refractivity contribution in [1.29, 1.82) is 0 Å². The molecule has 1 amide bonds. The molecule has 1 unspecified atom stereocenters. The predicted octanol–water partition coefficient (Wildman–Crippen LogP) is -0.533. The summed E-state index contributed by atoms with van der Waals surface area (Å²) in [6.45, 7) is 2.65. The molecule has 21 heavy (non-hydrogen) atoms. The second kappa shape index (κ2) is 5.90. The van der Waals surface area contributed by atoms with E-state index in [9.17, 15) is 9.00 Å². The molecule has 4 N–H and O–H groups in total. The molecular weight excluding hydrogens is 310 g/mol. The summed E-state index contributed by atoms with van der Waals surface area (Å²) in [7, 11) is -0.799. The topological polar surface area (TPSA) is 106 Å². The fourth-order valence-electron chi connectivity index (χ4n) is 2.55. The summed E-state index contributed by atoms with van der Waals surface area (Å²) in [6.07, 6.45) is 0.931. The van der Waals surface area contributed by atoms with Crippen molar-refractivity contribution in [2.75, 3.05) is 48.3 Å². The van der Waals surface area contributed by atoms with Crippen molar-refractivity contribution < 1.29 is 9.00 Å². The molecule has 0 aromatic carbocycles. The van der Waals surface area contributed by atoms with E-state index in [-0.39, 0.29) is 17.8 Å². The largest absolute Gasteiger partial charge is 0.382 e. The van der Waals surface area contributed by atoms with Crippen LogP contribution in [0.4, 0.5) is 10.9 Å². The summed E-state index contributed by atoms with van der Waals surface area (Å²) in [5.74, 6) is 1.26. The first-order valence-corrected chi connectivity index (χ1v) is 9.26. The zero-order chi connectivity index (χ0) is 15.0. The second-order valence-electron chi connectivity index (χ2n) is 5.35. The number of nitrogens with two attached hydrogens (primary N) is 2. The molecule has 0 saturated carbocycles. The van der Waals surface area contributed by atoms with Crippen LogP contribution < -0.4 is 16.4 Å². The van der Waals surface area contributed by atoms with Gasteiger partial charge in [0.05, 0.1) is 0 Å². The molecule has 2 aliphatic heterocycles. The van der Waals surface area contributed by atoms with E-state index in [0.29, 0.717) is 29.5 Å². The third-order valence-electron chi connectivity index (χ3n) is 3.80. The summed E-state index contributed by atoms with van der Waals surface area (Å²) in [6, 6.07) is 0.159. The molecule has 1 aromatic rings. The van der Waals surface area contributed by atoms with E-state index in [1.165, 1.54) is 11.3 Å². The quantitative estimate of drug-likeness (QED) is 0.755. The molecule has 1 atom stereocenters. The number of carbonyl (C=O) groups excluding carboxylic acids is 1. The van der Waals surface area contributed by atoms with Gasteiger partial charge in [-0.25, -0.2) is 4.98 Å². The van der Waals surface area contributed by atoms with Gasteiger partial charge in [-0.3, -0.25) is 9.00 Å². The van der Waals surface area contributed by atoms with Crippen LogP contribution in [0.25, 0.3) is 0 Å². The third-order valence-corrected chi connectivity index (χ3v) is 6.19. The van der Waals surface area contributed by atoms with Gasteiger partial charge in [-0.05, 0) is 6.42 Å². The second-order valence-corrected chi connectivity index (χ2v) is 8.02. The highest BCUT2D eigenvalue weighted by Crippen LogP contribution is 2.31. The Morgan fingerprint density at radius 2 is 2.05 bits per heavy atom. The van der Waals surface area contributed by atoms with Crippen molar-refractivity contribution in [1.82, 2.24) is 9.88 Å². The smallest absolute Gasteiger partial charge is 0.267 e. The van der Waals surface area contributed by atoms with Gasteiger partial charge in [-0.1, -0.05) is 11.3 Å². The van der Waals surface area contributed by atoms with Crippen LogP contribution in [0, 0.1) is 0 Å². The number of nitrogens with zero attached hydrogens (tertiary/aromatic N) is 3. The SMILES string of the molecule is Nc1nc(N2CCC(N)C2)sc1C(=O)N1CCS(=O)CC1. The van der Waals surface area contributed by atoms with Gasteiger partial charge >= 0.3 is 0 Å². The average Bonchev–Trinajstić information content (AvgIpc) is 3.05. The summed E-state index contributed by atoms with van der Waals surface area (Å²) in [4.78, 5) is 21.1. The van der Waals surface area contributed by atoms with Crippen LogP contribution in [-0.2, 0) is 10.8 Å². The summed E-state index contributed by atoms with van der Waals surface area (Å²) < 4.78 is 11.4. The van der Waals surface area contributed by atoms with E-state index in [1.54, 1.807) is 4.90 Å². The Balaban J connectivity index is 1.74. The first-order valence-electron chi connectivity index (χ1n) is 6.95. The van der Waals surface area contributed by atoms with E-state index in [1.807, 2.05) is 0 Å². The minimum Gasteiger partial charge on any atom is -0.382 e. The Kier molecular flexibility index (Phi) is 4.14. The Morgan fingerprint density at radius 1 is 1.33 bits per heavy atom. The van der Waals surface area contributed by atoms with Gasteiger partial charge < -0.3 is 21.3 Å². The van der Waals surface area contributed by atoms with Crippen LogP contribution in [-0.4, -0.2) is 63.7 Å². The first-order chi connectivity index (χ1) is 10.0. The molecule has 0 radical (unpaired) electrons. The lowest BCUT2D eigenvalue weighted by molar-refractivity contribution is 0.0777. The van der Waals surface area contributed by atoms with E-state index >= 15 is 0 Å². The molecule has 7 nitrogen and oxygen atoms in total. The number of anilines is 2. The molecule has 116 valence electrons. The Hall–Kier alpha value is -1.19. The Labute approximate surface area is 129 Å². The summed E-state index contributed by atoms with van der Waals surface area (Å²) in [5, 5.41) is 0.768. The highest BCUT2D eigenvalue weighted by molar-refractivity contribution is 7.85. The minimum atomic E-state index is -0.799. The van der Waals surface area contributed by atoms with Gasteiger partial charge in [-0.2, -0.15) is 0 Å². The minimum absolute atomic E-state index is 0.101. The summed E-state index contributed by atoms with van der Waals surface area (Å²) in [5.41, 5.74) is 11.8. The standard InChI is InChI=1S/C12H19N5O2S2/c13-8-1-2-17(7-8)12-15-10(14)9(20-12)11(18)16-3-5-21(19)6-4-16/h8H,1-7,13-14H2. The number of hydrogen-bond acceptors (Lipinski definition) is 7. The average molecular weight is 329 g/mol. The number of hydrogen-bond donors (Lipinski definition) is 2. The van der Waals surface area contributed by atoms with Gasteiger partial charge in [-0.15, -0.1) is 0 Å². The van der Waals surface area contributed by atoms with E-state index < -0.39 is 10.8 Å². The van der Waals surface area contributed by atoms with Gasteiger partial charge in [0, 0.05) is 54.5 Å². The molecule has 1 aromatic heterocycles. The van der Waals surface area contributed by atoms with Crippen molar-refractivity contribution in [3.63, 3.8) is 0 Å². The van der Waals surface area contributed by atoms with Gasteiger partial charge in [0.15, 0.2) is 5.13 Å². The Morgan fingerprint density at radius 3 is 2.67 bits per heavy atom. The van der Waals surface area contributed by atoms with Crippen LogP contribution in [0.2, 0.25) is 0 Å². The Bertz CT molecular complexity index is 566. The van der Waals surface area contributed by atoms with E-state index in [2.05, 4.69) is 9.88 Å². The number of aromatic nitrogens is 1. The molecule has 2 saturated heterocycles. The highest BCUT2D eigenvalue weighted by Gasteiger charge is 2.28. The van der Waals surface area contributed by atoms with Gasteiger partial charge in [0.2, 0.25) is 0 Å². The number of rotatable bonds is 2. The van der Waals surface area contributed by atoms with Crippen LogP contribution in [0.3, 0.4) is 0 Å².